The van der Waals surface area contributed by atoms with Gasteiger partial charge in [-0.15, -0.1) is 0 Å². The van der Waals surface area contributed by atoms with Gasteiger partial charge in [0.1, 0.15) is 0 Å². The summed E-state index contributed by atoms with van der Waals surface area (Å²) in [5, 5.41) is 0. The number of hydrogen-bond donors (Lipinski definition) is 0. The molecule has 2 heteroatoms. The predicted molar refractivity (Wildman–Crippen MR) is 47.2 cm³/mol. The van der Waals surface area contributed by atoms with Crippen LogP contribution in [0.5, 0.6) is 0 Å². The number of ether oxygens (including phenoxy) is 1. The van der Waals surface area contributed by atoms with Gasteiger partial charge in [-0.05, 0) is 0 Å². The summed E-state index contributed by atoms with van der Waals surface area (Å²) in [6.45, 7) is 9.15. The normalized spacial score (nSPS) is 17.4. The van der Waals surface area contributed by atoms with Crippen molar-refractivity contribution in [2.24, 2.45) is 0 Å². The van der Waals surface area contributed by atoms with Crippen molar-refractivity contribution in [1.82, 2.24) is 0 Å². The van der Waals surface area contributed by atoms with E-state index in [0.29, 0.717) is 5.85 Å². The van der Waals surface area contributed by atoms with Gasteiger partial charge < -0.3 is 0 Å². The molecule has 0 saturated heterocycles. The summed E-state index contributed by atoms with van der Waals surface area (Å²) in [5.74, 6) is 0.502. The van der Waals surface area contributed by atoms with E-state index in [1.54, 1.807) is 7.11 Å². The fraction of sp³-hybridized carbons (Fsp3) is 1.00. The molecule has 0 amide bonds. The van der Waals surface area contributed by atoms with Crippen molar-refractivity contribution in [2.75, 3.05) is 26.6 Å². The Morgan fingerprint density at radius 1 is 1.44 bits per heavy atom. The standard InChI is InChI=1S/C7H19OP/c1-6-9(4,5)7(2)8-3/h7,9H,6H2,1-5H3. The van der Waals surface area contributed by atoms with Crippen LogP contribution >= 0.6 is 7.26 Å². The van der Waals surface area contributed by atoms with Crippen molar-refractivity contribution >= 4 is 7.26 Å². The van der Waals surface area contributed by atoms with Crippen molar-refractivity contribution < 1.29 is 4.74 Å². The van der Waals surface area contributed by atoms with E-state index in [0.717, 1.165) is 0 Å². The molecular weight excluding hydrogens is 131 g/mol. The van der Waals surface area contributed by atoms with Gasteiger partial charge in [-0.3, -0.25) is 0 Å². The van der Waals surface area contributed by atoms with Crippen LogP contribution in [-0.4, -0.2) is 32.4 Å². The van der Waals surface area contributed by atoms with Crippen LogP contribution in [0.15, 0.2) is 0 Å². The van der Waals surface area contributed by atoms with Crippen LogP contribution in [0.25, 0.3) is 0 Å². The molecule has 0 bridgehead atoms. The first kappa shape index (κ1) is 9.39. The monoisotopic (exact) mass is 150 g/mol. The van der Waals surface area contributed by atoms with Gasteiger partial charge >= 0.3 is 58.3 Å². The van der Waals surface area contributed by atoms with Gasteiger partial charge in [0.05, 0.1) is 0 Å². The summed E-state index contributed by atoms with van der Waals surface area (Å²) < 4.78 is 5.27. The van der Waals surface area contributed by atoms with Gasteiger partial charge in [-0.1, -0.05) is 0 Å². The Morgan fingerprint density at radius 2 is 1.89 bits per heavy atom. The zero-order chi connectivity index (χ0) is 7.49. The molecule has 0 aromatic rings. The van der Waals surface area contributed by atoms with Gasteiger partial charge in [0.25, 0.3) is 0 Å². The van der Waals surface area contributed by atoms with Gasteiger partial charge in [-0.25, -0.2) is 0 Å². The van der Waals surface area contributed by atoms with E-state index < -0.39 is 7.26 Å². The van der Waals surface area contributed by atoms with E-state index in [1.807, 2.05) is 0 Å². The van der Waals surface area contributed by atoms with E-state index in [1.165, 1.54) is 6.16 Å². The van der Waals surface area contributed by atoms with Crippen molar-refractivity contribution in [3.63, 3.8) is 0 Å². The minimum absolute atomic E-state index is 0.502. The van der Waals surface area contributed by atoms with E-state index in [9.17, 15) is 0 Å². The van der Waals surface area contributed by atoms with Crippen LogP contribution in [0.2, 0.25) is 0 Å². The molecule has 0 aromatic heterocycles. The van der Waals surface area contributed by atoms with Crippen LogP contribution in [0.1, 0.15) is 13.8 Å². The maximum absolute atomic E-state index is 5.27. The molecule has 0 radical (unpaired) electrons. The van der Waals surface area contributed by atoms with Gasteiger partial charge in [-0.2, -0.15) is 0 Å². The fourth-order valence-corrected chi connectivity index (χ4v) is 1.82. The molecule has 1 nitrogen and oxygen atoms in total. The molecular formula is C7H19OP. The van der Waals surface area contributed by atoms with Crippen LogP contribution in [0.3, 0.4) is 0 Å². The Balaban J connectivity index is 3.80. The summed E-state index contributed by atoms with van der Waals surface area (Å²) in [4.78, 5) is 0. The van der Waals surface area contributed by atoms with Gasteiger partial charge in [0, 0.05) is 0 Å². The predicted octanol–water partition coefficient (Wildman–Crippen LogP) is 2.01. The zero-order valence-corrected chi connectivity index (χ0v) is 8.19. The first-order valence-electron chi connectivity index (χ1n) is 3.57. The van der Waals surface area contributed by atoms with E-state index in [-0.39, 0.29) is 0 Å². The van der Waals surface area contributed by atoms with Crippen LogP contribution in [0, 0.1) is 0 Å². The third-order valence-corrected chi connectivity index (χ3v) is 6.62. The van der Waals surface area contributed by atoms with Crippen molar-refractivity contribution in [1.29, 1.82) is 0 Å². The number of methoxy groups -OCH3 is 1. The molecule has 0 aliphatic rings. The van der Waals surface area contributed by atoms with Crippen molar-refractivity contribution in [2.45, 2.75) is 19.7 Å². The van der Waals surface area contributed by atoms with E-state index in [2.05, 4.69) is 27.2 Å². The SMILES string of the molecule is CC[PH](C)(C)C(C)OC. The molecule has 0 aliphatic heterocycles. The van der Waals surface area contributed by atoms with Crippen LogP contribution in [-0.2, 0) is 4.74 Å². The third-order valence-electron chi connectivity index (χ3n) is 2.37. The molecule has 0 aliphatic carbocycles. The first-order chi connectivity index (χ1) is 4.04. The first-order valence-corrected chi connectivity index (χ1v) is 6.86. The Kier molecular flexibility index (Phi) is 3.68. The molecule has 0 saturated carbocycles. The summed E-state index contributed by atoms with van der Waals surface area (Å²) >= 11 is 0. The molecule has 0 N–H and O–H groups in total. The van der Waals surface area contributed by atoms with Crippen molar-refractivity contribution in [3.8, 4) is 0 Å². The Bertz CT molecular complexity index is 81.0. The summed E-state index contributed by atoms with van der Waals surface area (Å²) in [7, 11) is 0.798. The Labute approximate surface area is 59.1 Å². The maximum atomic E-state index is 5.27. The molecule has 1 unspecified atom stereocenters. The second-order valence-corrected chi connectivity index (χ2v) is 8.72. The second kappa shape index (κ2) is 3.53. The molecule has 9 heavy (non-hydrogen) atoms. The van der Waals surface area contributed by atoms with Crippen LogP contribution in [0.4, 0.5) is 0 Å². The fourth-order valence-electron chi connectivity index (χ4n) is 0.606. The summed E-state index contributed by atoms with van der Waals surface area (Å²) in [5.41, 5.74) is 0. The Morgan fingerprint density at radius 3 is 2.00 bits per heavy atom. The average molecular weight is 150 g/mol. The minimum atomic E-state index is -1.00. The summed E-state index contributed by atoms with van der Waals surface area (Å²) in [6.07, 6.45) is 1.31. The molecule has 0 spiro atoms. The average Bonchev–Trinajstić information content (AvgIpc) is 1.86. The number of rotatable bonds is 3. The van der Waals surface area contributed by atoms with Crippen molar-refractivity contribution in [3.05, 3.63) is 0 Å². The molecule has 0 heterocycles. The molecule has 0 fully saturated rings. The van der Waals surface area contributed by atoms with E-state index in [4.69, 9.17) is 4.74 Å². The Hall–Kier alpha value is 0.390. The quantitative estimate of drug-likeness (QED) is 0.559. The van der Waals surface area contributed by atoms with E-state index >= 15 is 0 Å². The third kappa shape index (κ3) is 2.64. The second-order valence-electron chi connectivity index (χ2n) is 3.22. The topological polar surface area (TPSA) is 9.23 Å². The summed E-state index contributed by atoms with van der Waals surface area (Å²) in [6, 6.07) is 0. The molecule has 0 aromatic carbocycles. The molecule has 1 atom stereocenters. The molecule has 0 rings (SSSR count). The van der Waals surface area contributed by atoms with Gasteiger partial charge in [0.15, 0.2) is 0 Å². The van der Waals surface area contributed by atoms with Crippen LogP contribution < -0.4 is 0 Å². The number of hydrogen-bond acceptors (Lipinski definition) is 1. The molecule has 58 valence electrons. The zero-order valence-electron chi connectivity index (χ0n) is 7.19. The van der Waals surface area contributed by atoms with Gasteiger partial charge in [0.2, 0.25) is 0 Å².